The Balaban J connectivity index is 1.99. The molecule has 18 heavy (non-hydrogen) atoms. The summed E-state index contributed by atoms with van der Waals surface area (Å²) in [5.41, 5.74) is 0. The summed E-state index contributed by atoms with van der Waals surface area (Å²) in [6.45, 7) is 2.00. The molecule has 1 N–H and O–H groups in total. The van der Waals surface area contributed by atoms with E-state index in [2.05, 4.69) is 10.3 Å². The van der Waals surface area contributed by atoms with Gasteiger partial charge in [0.15, 0.2) is 15.7 Å². The van der Waals surface area contributed by atoms with Crippen molar-refractivity contribution in [1.29, 1.82) is 0 Å². The molecule has 0 amide bonds. The Hall–Kier alpha value is -0.880. The first-order chi connectivity index (χ1) is 8.50. The number of oxazole rings is 1. The molecule has 5 nitrogen and oxygen atoms in total. The summed E-state index contributed by atoms with van der Waals surface area (Å²) in [6.07, 6.45) is 4.04. The molecule has 1 aromatic heterocycles. The monoisotopic (exact) mass is 272 g/mol. The van der Waals surface area contributed by atoms with Gasteiger partial charge in [-0.15, -0.1) is 0 Å². The second-order valence-electron chi connectivity index (χ2n) is 4.99. The van der Waals surface area contributed by atoms with E-state index in [1.54, 1.807) is 6.20 Å². The third-order valence-corrected chi connectivity index (χ3v) is 5.34. The van der Waals surface area contributed by atoms with Crippen LogP contribution in [0.5, 0.6) is 0 Å². The van der Waals surface area contributed by atoms with Crippen molar-refractivity contribution >= 4 is 9.84 Å². The number of hydrogen-bond acceptors (Lipinski definition) is 5. The average Bonchev–Trinajstić information content (AvgIpc) is 2.75. The third kappa shape index (κ3) is 3.32. The lowest BCUT2D eigenvalue weighted by molar-refractivity contribution is 0.379. The van der Waals surface area contributed by atoms with Crippen molar-refractivity contribution in [1.82, 2.24) is 10.3 Å². The van der Waals surface area contributed by atoms with Gasteiger partial charge in [0.25, 0.3) is 0 Å². The normalized spacial score (nSPS) is 24.9. The van der Waals surface area contributed by atoms with Crippen LogP contribution in [0.3, 0.4) is 0 Å². The smallest absolute Gasteiger partial charge is 0.194 e. The molecule has 102 valence electrons. The highest BCUT2D eigenvalue weighted by molar-refractivity contribution is 7.91. The lowest BCUT2D eigenvalue weighted by Gasteiger charge is -2.20. The van der Waals surface area contributed by atoms with Crippen LogP contribution in [-0.4, -0.2) is 32.0 Å². The van der Waals surface area contributed by atoms with Crippen molar-refractivity contribution in [3.8, 4) is 0 Å². The van der Waals surface area contributed by atoms with Gasteiger partial charge >= 0.3 is 0 Å². The molecule has 6 heteroatoms. The fourth-order valence-electron chi connectivity index (χ4n) is 2.29. The van der Waals surface area contributed by atoms with Crippen LogP contribution in [0.15, 0.2) is 10.6 Å². The quantitative estimate of drug-likeness (QED) is 0.895. The van der Waals surface area contributed by atoms with Crippen molar-refractivity contribution in [2.24, 2.45) is 5.92 Å². The van der Waals surface area contributed by atoms with Gasteiger partial charge in [-0.25, -0.2) is 13.4 Å². The van der Waals surface area contributed by atoms with Crippen LogP contribution in [0.2, 0.25) is 0 Å². The predicted molar refractivity (Wildman–Crippen MR) is 69.1 cm³/mol. The summed E-state index contributed by atoms with van der Waals surface area (Å²) in [5, 5.41) is 3.08. The SMILES string of the molecule is CNC(C)c1cnc(CC2CCCS(=O)(=O)C2)o1. The number of nitrogens with zero attached hydrogens (tertiary/aromatic N) is 1. The lowest BCUT2D eigenvalue weighted by atomic mass is 10.0. The average molecular weight is 272 g/mol. The molecule has 1 aliphatic rings. The number of aromatic nitrogens is 1. The minimum atomic E-state index is -2.85. The third-order valence-electron chi connectivity index (χ3n) is 3.45. The molecule has 2 unspecified atom stereocenters. The molecule has 0 bridgehead atoms. The van der Waals surface area contributed by atoms with Crippen LogP contribution in [0.1, 0.15) is 37.5 Å². The van der Waals surface area contributed by atoms with Crippen molar-refractivity contribution in [2.45, 2.75) is 32.2 Å². The van der Waals surface area contributed by atoms with Crippen LogP contribution in [-0.2, 0) is 16.3 Å². The first-order valence-corrected chi connectivity index (χ1v) is 8.14. The summed E-state index contributed by atoms with van der Waals surface area (Å²) < 4.78 is 28.7. The van der Waals surface area contributed by atoms with Gasteiger partial charge in [-0.3, -0.25) is 0 Å². The Morgan fingerprint density at radius 1 is 1.61 bits per heavy atom. The molecule has 0 aromatic carbocycles. The maximum absolute atomic E-state index is 11.5. The van der Waals surface area contributed by atoms with Crippen LogP contribution in [0.4, 0.5) is 0 Å². The molecule has 2 heterocycles. The van der Waals surface area contributed by atoms with E-state index in [-0.39, 0.29) is 17.7 Å². The van der Waals surface area contributed by atoms with Crippen molar-refractivity contribution in [2.75, 3.05) is 18.6 Å². The summed E-state index contributed by atoms with van der Waals surface area (Å²) in [5.74, 6) is 2.20. The van der Waals surface area contributed by atoms with Crippen LogP contribution < -0.4 is 5.32 Å². The van der Waals surface area contributed by atoms with E-state index in [0.29, 0.717) is 18.1 Å². The van der Waals surface area contributed by atoms with E-state index in [0.717, 1.165) is 18.6 Å². The molecule has 1 saturated heterocycles. The highest BCUT2D eigenvalue weighted by atomic mass is 32.2. The maximum Gasteiger partial charge on any atom is 0.194 e. The van der Waals surface area contributed by atoms with Crippen molar-refractivity contribution in [3.05, 3.63) is 17.8 Å². The van der Waals surface area contributed by atoms with Crippen LogP contribution >= 0.6 is 0 Å². The van der Waals surface area contributed by atoms with E-state index in [1.807, 2.05) is 14.0 Å². The predicted octanol–water partition coefficient (Wildman–Crippen LogP) is 1.32. The zero-order valence-electron chi connectivity index (χ0n) is 10.8. The minimum Gasteiger partial charge on any atom is -0.444 e. The highest BCUT2D eigenvalue weighted by Crippen LogP contribution is 2.23. The molecule has 1 fully saturated rings. The summed E-state index contributed by atoms with van der Waals surface area (Å²) in [7, 11) is -0.986. The summed E-state index contributed by atoms with van der Waals surface area (Å²) in [6, 6.07) is 0.126. The van der Waals surface area contributed by atoms with E-state index in [9.17, 15) is 8.42 Å². The second kappa shape index (κ2) is 5.40. The zero-order chi connectivity index (χ0) is 13.2. The fraction of sp³-hybridized carbons (Fsp3) is 0.750. The van der Waals surface area contributed by atoms with Gasteiger partial charge < -0.3 is 9.73 Å². The molecule has 1 aromatic rings. The Morgan fingerprint density at radius 3 is 3.06 bits per heavy atom. The zero-order valence-corrected chi connectivity index (χ0v) is 11.7. The Morgan fingerprint density at radius 2 is 2.39 bits per heavy atom. The summed E-state index contributed by atoms with van der Waals surface area (Å²) >= 11 is 0. The van der Waals surface area contributed by atoms with Gasteiger partial charge in [0.2, 0.25) is 0 Å². The molecule has 1 aliphatic heterocycles. The highest BCUT2D eigenvalue weighted by Gasteiger charge is 2.26. The van der Waals surface area contributed by atoms with E-state index in [1.165, 1.54) is 0 Å². The van der Waals surface area contributed by atoms with Gasteiger partial charge in [-0.05, 0) is 32.7 Å². The lowest BCUT2D eigenvalue weighted by Crippen LogP contribution is -2.26. The molecule has 2 rings (SSSR count). The Labute approximate surface area is 108 Å². The number of nitrogens with one attached hydrogen (secondary N) is 1. The number of hydrogen-bond donors (Lipinski definition) is 1. The Bertz CT molecular complexity index is 495. The molecule has 2 atom stereocenters. The van der Waals surface area contributed by atoms with E-state index < -0.39 is 9.84 Å². The molecular weight excluding hydrogens is 252 g/mol. The van der Waals surface area contributed by atoms with Gasteiger partial charge in [-0.2, -0.15) is 0 Å². The molecule has 0 saturated carbocycles. The first-order valence-electron chi connectivity index (χ1n) is 6.32. The van der Waals surface area contributed by atoms with Crippen LogP contribution in [0, 0.1) is 5.92 Å². The standard InChI is InChI=1S/C12H20N2O3S/c1-9(13-2)11-7-14-12(17-11)6-10-4-3-5-18(15,16)8-10/h7,9-10,13H,3-6,8H2,1-2H3. The molecule has 0 radical (unpaired) electrons. The minimum absolute atomic E-state index is 0.126. The molecular formula is C12H20N2O3S. The largest absolute Gasteiger partial charge is 0.444 e. The van der Waals surface area contributed by atoms with Gasteiger partial charge in [0.05, 0.1) is 23.7 Å². The summed E-state index contributed by atoms with van der Waals surface area (Å²) in [4.78, 5) is 4.23. The van der Waals surface area contributed by atoms with Crippen molar-refractivity contribution < 1.29 is 12.8 Å². The maximum atomic E-state index is 11.5. The number of sulfone groups is 1. The van der Waals surface area contributed by atoms with E-state index >= 15 is 0 Å². The van der Waals surface area contributed by atoms with Crippen LogP contribution in [0.25, 0.3) is 0 Å². The van der Waals surface area contributed by atoms with E-state index in [4.69, 9.17) is 4.42 Å². The molecule has 0 aliphatic carbocycles. The van der Waals surface area contributed by atoms with Gasteiger partial charge in [0, 0.05) is 6.42 Å². The fourth-order valence-corrected chi connectivity index (χ4v) is 4.06. The van der Waals surface area contributed by atoms with Gasteiger partial charge in [-0.1, -0.05) is 0 Å². The Kier molecular flexibility index (Phi) is 4.07. The second-order valence-corrected chi connectivity index (χ2v) is 7.22. The molecule has 0 spiro atoms. The first kappa shape index (κ1) is 13.5. The number of rotatable bonds is 4. The van der Waals surface area contributed by atoms with Crippen molar-refractivity contribution in [3.63, 3.8) is 0 Å². The van der Waals surface area contributed by atoms with Gasteiger partial charge in [0.1, 0.15) is 5.76 Å². The topological polar surface area (TPSA) is 72.2 Å².